The summed E-state index contributed by atoms with van der Waals surface area (Å²) in [6.07, 6.45) is 2.43. The molecule has 2 heterocycles. The van der Waals surface area contributed by atoms with E-state index in [1.54, 1.807) is 12.0 Å². The largest absolute Gasteiger partial charge is 0.496 e. The molecule has 2 atom stereocenters. The summed E-state index contributed by atoms with van der Waals surface area (Å²) in [5.74, 6) is 0.669. The van der Waals surface area contributed by atoms with E-state index in [-0.39, 0.29) is 31.4 Å². The van der Waals surface area contributed by atoms with E-state index in [4.69, 9.17) is 14.2 Å². The van der Waals surface area contributed by atoms with Crippen LogP contribution in [0.5, 0.6) is 5.75 Å². The summed E-state index contributed by atoms with van der Waals surface area (Å²) in [6, 6.07) is 15.2. The van der Waals surface area contributed by atoms with Crippen molar-refractivity contribution >= 4 is 11.7 Å². The van der Waals surface area contributed by atoms with Crippen molar-refractivity contribution in [2.75, 3.05) is 20.3 Å². The number of rotatable bonds is 5. The molecule has 2 bridgehead atoms. The second-order valence-electron chi connectivity index (χ2n) is 7.29. The number of carbonyl (C=O) groups is 1. The van der Waals surface area contributed by atoms with Crippen LogP contribution in [0.2, 0.25) is 0 Å². The molecular formula is C23H25NO5. The molecule has 0 aliphatic carbocycles. The van der Waals surface area contributed by atoms with Gasteiger partial charge in [-0.15, -0.1) is 0 Å². The highest BCUT2D eigenvalue weighted by Crippen LogP contribution is 2.34. The first-order chi connectivity index (χ1) is 14.2. The van der Waals surface area contributed by atoms with Crippen LogP contribution in [-0.4, -0.2) is 48.5 Å². The van der Waals surface area contributed by atoms with Crippen molar-refractivity contribution in [3.8, 4) is 5.75 Å². The summed E-state index contributed by atoms with van der Waals surface area (Å²) in [5.41, 5.74) is 3.89. The Hall–Kier alpha value is -2.83. The second kappa shape index (κ2) is 8.68. The van der Waals surface area contributed by atoms with E-state index in [9.17, 15) is 9.90 Å². The molecule has 6 nitrogen and oxygen atoms in total. The molecule has 2 aromatic rings. The molecule has 152 valence electrons. The van der Waals surface area contributed by atoms with E-state index < -0.39 is 0 Å². The topological polar surface area (TPSA) is 68.2 Å². The fourth-order valence-electron chi connectivity index (χ4n) is 3.99. The van der Waals surface area contributed by atoms with Crippen molar-refractivity contribution < 1.29 is 24.1 Å². The zero-order chi connectivity index (χ0) is 20.2. The Morgan fingerprint density at radius 1 is 1.21 bits per heavy atom. The number of amides is 1. The summed E-state index contributed by atoms with van der Waals surface area (Å²) >= 11 is 0. The molecule has 29 heavy (non-hydrogen) atoms. The molecular weight excluding hydrogens is 370 g/mol. The first-order valence-electron chi connectivity index (χ1n) is 9.75. The molecule has 0 spiro atoms. The third-order valence-electron chi connectivity index (χ3n) is 5.44. The molecule has 0 saturated carbocycles. The third kappa shape index (κ3) is 4.13. The smallest absolute Gasteiger partial charge is 0.411 e. The van der Waals surface area contributed by atoms with Crippen LogP contribution >= 0.6 is 0 Å². The minimum atomic E-state index is -0.312. The van der Waals surface area contributed by atoms with E-state index in [0.29, 0.717) is 25.4 Å². The van der Waals surface area contributed by atoms with Gasteiger partial charge in [0.1, 0.15) is 12.4 Å². The Labute approximate surface area is 170 Å². The van der Waals surface area contributed by atoms with Crippen molar-refractivity contribution in [2.24, 2.45) is 0 Å². The molecule has 0 aromatic heterocycles. The molecule has 2 aliphatic rings. The monoisotopic (exact) mass is 395 g/mol. The van der Waals surface area contributed by atoms with Gasteiger partial charge in [0, 0.05) is 5.56 Å². The lowest BCUT2D eigenvalue weighted by Crippen LogP contribution is -2.56. The van der Waals surface area contributed by atoms with E-state index >= 15 is 0 Å². The Morgan fingerprint density at radius 3 is 2.76 bits per heavy atom. The summed E-state index contributed by atoms with van der Waals surface area (Å²) < 4.78 is 16.6. The molecule has 1 saturated heterocycles. The SMILES string of the molecule is COc1ccc(C2=CC3COCC(C2)N3C(=O)OCc2ccccc2)cc1CO. The van der Waals surface area contributed by atoms with Gasteiger partial charge in [-0.2, -0.15) is 0 Å². The fourth-order valence-corrected chi connectivity index (χ4v) is 3.99. The number of aliphatic hydroxyl groups is 1. The van der Waals surface area contributed by atoms with Gasteiger partial charge in [-0.05, 0) is 35.3 Å². The van der Waals surface area contributed by atoms with Crippen molar-refractivity contribution in [2.45, 2.75) is 31.7 Å². The van der Waals surface area contributed by atoms with Gasteiger partial charge in [0.05, 0.1) is 39.0 Å². The molecule has 6 heteroatoms. The summed E-state index contributed by atoms with van der Waals surface area (Å²) in [7, 11) is 1.59. The van der Waals surface area contributed by atoms with Crippen LogP contribution in [0.25, 0.3) is 5.57 Å². The van der Waals surface area contributed by atoms with E-state index in [1.807, 2.05) is 48.5 Å². The Kier molecular flexibility index (Phi) is 5.83. The minimum Gasteiger partial charge on any atom is -0.496 e. The zero-order valence-corrected chi connectivity index (χ0v) is 16.4. The van der Waals surface area contributed by atoms with Crippen molar-refractivity contribution in [3.05, 3.63) is 71.3 Å². The van der Waals surface area contributed by atoms with Gasteiger partial charge in [-0.1, -0.05) is 42.5 Å². The molecule has 1 fully saturated rings. The average molecular weight is 395 g/mol. The number of hydrogen-bond donors (Lipinski definition) is 1. The normalized spacial score (nSPS) is 20.8. The molecule has 2 aliphatic heterocycles. The number of carbonyl (C=O) groups excluding carboxylic acids is 1. The van der Waals surface area contributed by atoms with E-state index in [2.05, 4.69) is 6.08 Å². The second-order valence-corrected chi connectivity index (χ2v) is 7.29. The lowest BCUT2D eigenvalue weighted by Gasteiger charge is -2.43. The summed E-state index contributed by atoms with van der Waals surface area (Å²) in [6.45, 7) is 1.10. The predicted octanol–water partition coefficient (Wildman–Crippen LogP) is 3.38. The lowest BCUT2D eigenvalue weighted by atomic mass is 9.89. The molecule has 4 rings (SSSR count). The maximum Gasteiger partial charge on any atom is 0.411 e. The predicted molar refractivity (Wildman–Crippen MR) is 108 cm³/mol. The Bertz CT molecular complexity index is 895. The Balaban J connectivity index is 1.52. The van der Waals surface area contributed by atoms with Gasteiger partial charge in [-0.3, -0.25) is 4.90 Å². The van der Waals surface area contributed by atoms with Gasteiger partial charge in [0.25, 0.3) is 0 Å². The molecule has 0 radical (unpaired) electrons. The number of aliphatic hydroxyl groups excluding tert-OH is 1. The van der Waals surface area contributed by atoms with E-state index in [1.165, 1.54) is 0 Å². The molecule has 1 N–H and O–H groups in total. The van der Waals surface area contributed by atoms with Gasteiger partial charge in [-0.25, -0.2) is 4.79 Å². The minimum absolute atomic E-state index is 0.0725. The number of ether oxygens (including phenoxy) is 3. The molecule has 1 amide bonds. The van der Waals surface area contributed by atoms with Crippen LogP contribution in [0, 0.1) is 0 Å². The van der Waals surface area contributed by atoms with Gasteiger partial charge < -0.3 is 19.3 Å². The highest BCUT2D eigenvalue weighted by atomic mass is 16.6. The van der Waals surface area contributed by atoms with Crippen LogP contribution in [0.15, 0.2) is 54.6 Å². The molecule has 2 aromatic carbocycles. The number of nitrogens with zero attached hydrogens (tertiary/aromatic N) is 1. The van der Waals surface area contributed by atoms with Crippen molar-refractivity contribution in [3.63, 3.8) is 0 Å². The fraction of sp³-hybridized carbons (Fsp3) is 0.348. The molecule has 2 unspecified atom stereocenters. The lowest BCUT2D eigenvalue weighted by molar-refractivity contribution is -0.0342. The van der Waals surface area contributed by atoms with Gasteiger partial charge in [0.15, 0.2) is 0 Å². The highest BCUT2D eigenvalue weighted by Gasteiger charge is 2.39. The standard InChI is InChI=1S/C23H25NO5/c1-27-22-8-7-17(9-19(22)12-25)18-10-20-14-28-15-21(11-18)24(20)23(26)29-13-16-5-3-2-4-6-16/h2-10,20-21,25H,11-15H2,1H3. The van der Waals surface area contributed by atoms with Crippen molar-refractivity contribution in [1.82, 2.24) is 4.90 Å². The summed E-state index contributed by atoms with van der Waals surface area (Å²) in [4.78, 5) is 14.6. The van der Waals surface area contributed by atoms with Crippen molar-refractivity contribution in [1.29, 1.82) is 0 Å². The van der Waals surface area contributed by atoms with Crippen LogP contribution in [-0.2, 0) is 22.7 Å². The maximum absolute atomic E-state index is 12.8. The van der Waals surface area contributed by atoms with Gasteiger partial charge in [0.2, 0.25) is 0 Å². The highest BCUT2D eigenvalue weighted by molar-refractivity contribution is 5.75. The number of fused-ring (bicyclic) bond motifs is 2. The average Bonchev–Trinajstić information content (AvgIpc) is 2.76. The number of methoxy groups -OCH3 is 1. The number of benzene rings is 2. The Morgan fingerprint density at radius 2 is 2.03 bits per heavy atom. The van der Waals surface area contributed by atoms with Crippen LogP contribution in [0.1, 0.15) is 23.1 Å². The summed E-state index contributed by atoms with van der Waals surface area (Å²) in [5, 5.41) is 9.61. The zero-order valence-electron chi connectivity index (χ0n) is 16.4. The van der Waals surface area contributed by atoms with Crippen LogP contribution in [0.4, 0.5) is 4.79 Å². The number of morpholine rings is 1. The maximum atomic E-state index is 12.8. The first kappa shape index (κ1) is 19.5. The first-order valence-corrected chi connectivity index (χ1v) is 9.75. The quantitative estimate of drug-likeness (QED) is 0.841. The van der Waals surface area contributed by atoms with Gasteiger partial charge >= 0.3 is 6.09 Å². The number of hydrogen-bond acceptors (Lipinski definition) is 5. The van der Waals surface area contributed by atoms with Crippen LogP contribution in [0.3, 0.4) is 0 Å². The van der Waals surface area contributed by atoms with E-state index in [0.717, 1.165) is 22.3 Å². The third-order valence-corrected chi connectivity index (χ3v) is 5.44. The van der Waals surface area contributed by atoms with Crippen LogP contribution < -0.4 is 4.74 Å².